The predicted molar refractivity (Wildman–Crippen MR) is 63.9 cm³/mol. The maximum absolute atomic E-state index is 13.5. The summed E-state index contributed by atoms with van der Waals surface area (Å²) in [4.78, 5) is 10.9. The Bertz CT molecular complexity index is 470. The van der Waals surface area contributed by atoms with Crippen molar-refractivity contribution in [3.8, 4) is 5.75 Å². The molecule has 1 saturated carbocycles. The number of phenolic OH excluding ortho intramolecular Hbond substituents is 1. The standard InChI is InChI=1S/C13H16FNO3/c14-10-6-8(13(17)18)5-9(12(10)16)11(15)7-3-1-2-4-7/h5-7,11,16H,1-4,15H2,(H,17,18)/t11-/m0/s1. The highest BCUT2D eigenvalue weighted by Gasteiger charge is 2.27. The monoisotopic (exact) mass is 253 g/mol. The summed E-state index contributed by atoms with van der Waals surface area (Å²) >= 11 is 0. The molecule has 1 fully saturated rings. The van der Waals surface area contributed by atoms with Gasteiger partial charge in [-0.1, -0.05) is 12.8 Å². The third-order valence-electron chi connectivity index (χ3n) is 3.61. The summed E-state index contributed by atoms with van der Waals surface area (Å²) in [6.45, 7) is 0. The molecule has 0 saturated heterocycles. The van der Waals surface area contributed by atoms with E-state index in [1.807, 2.05) is 0 Å². The Morgan fingerprint density at radius 3 is 2.56 bits per heavy atom. The Balaban J connectivity index is 2.38. The number of aromatic carboxylic acids is 1. The second kappa shape index (κ2) is 4.94. The molecule has 1 aromatic rings. The van der Waals surface area contributed by atoms with E-state index in [0.717, 1.165) is 31.7 Å². The maximum atomic E-state index is 13.5. The van der Waals surface area contributed by atoms with Crippen LogP contribution >= 0.6 is 0 Å². The van der Waals surface area contributed by atoms with Crippen LogP contribution in [0.1, 0.15) is 47.6 Å². The molecule has 98 valence electrons. The van der Waals surface area contributed by atoms with Gasteiger partial charge in [0.15, 0.2) is 11.6 Å². The zero-order valence-electron chi connectivity index (χ0n) is 9.90. The van der Waals surface area contributed by atoms with Crippen LogP contribution < -0.4 is 5.73 Å². The zero-order valence-corrected chi connectivity index (χ0v) is 9.90. The molecular weight excluding hydrogens is 237 g/mol. The van der Waals surface area contributed by atoms with Gasteiger partial charge in [-0.2, -0.15) is 0 Å². The molecule has 0 bridgehead atoms. The van der Waals surface area contributed by atoms with Crippen molar-refractivity contribution >= 4 is 5.97 Å². The summed E-state index contributed by atoms with van der Waals surface area (Å²) in [6.07, 6.45) is 4.00. The van der Waals surface area contributed by atoms with Crippen LogP contribution in [0.5, 0.6) is 5.75 Å². The number of halogens is 1. The van der Waals surface area contributed by atoms with Crippen LogP contribution in [0.2, 0.25) is 0 Å². The molecule has 5 heteroatoms. The van der Waals surface area contributed by atoms with Gasteiger partial charge in [-0.25, -0.2) is 9.18 Å². The minimum Gasteiger partial charge on any atom is -0.505 e. The molecule has 4 N–H and O–H groups in total. The molecule has 2 rings (SSSR count). The highest BCUT2D eigenvalue weighted by Crippen LogP contribution is 2.38. The molecule has 0 spiro atoms. The van der Waals surface area contributed by atoms with E-state index < -0.39 is 23.6 Å². The predicted octanol–water partition coefficient (Wildman–Crippen LogP) is 2.42. The molecule has 1 atom stereocenters. The van der Waals surface area contributed by atoms with Crippen LogP contribution in [0.3, 0.4) is 0 Å². The van der Waals surface area contributed by atoms with Gasteiger partial charge in [-0.3, -0.25) is 0 Å². The summed E-state index contributed by atoms with van der Waals surface area (Å²) in [7, 11) is 0. The molecule has 0 aliphatic heterocycles. The minimum absolute atomic E-state index is 0.180. The molecule has 0 aromatic heterocycles. The summed E-state index contributed by atoms with van der Waals surface area (Å²) in [5.41, 5.74) is 6.03. The normalized spacial score (nSPS) is 17.9. The zero-order chi connectivity index (χ0) is 13.3. The van der Waals surface area contributed by atoms with Crippen LogP contribution in [-0.2, 0) is 0 Å². The van der Waals surface area contributed by atoms with Gasteiger partial charge >= 0.3 is 5.97 Å². The van der Waals surface area contributed by atoms with E-state index in [2.05, 4.69) is 0 Å². The third kappa shape index (κ3) is 2.31. The Morgan fingerprint density at radius 2 is 2.00 bits per heavy atom. The number of carboxylic acids is 1. The number of rotatable bonds is 3. The van der Waals surface area contributed by atoms with Gasteiger partial charge in [0.2, 0.25) is 0 Å². The number of phenols is 1. The van der Waals surface area contributed by atoms with Crippen LogP contribution in [-0.4, -0.2) is 16.2 Å². The van der Waals surface area contributed by atoms with Gasteiger partial charge in [0.25, 0.3) is 0 Å². The topological polar surface area (TPSA) is 83.6 Å². The molecule has 0 amide bonds. The second-order valence-electron chi connectivity index (χ2n) is 4.77. The number of hydrogen-bond acceptors (Lipinski definition) is 3. The van der Waals surface area contributed by atoms with Crippen molar-refractivity contribution in [3.05, 3.63) is 29.1 Å². The number of benzene rings is 1. The summed E-state index contributed by atoms with van der Waals surface area (Å²) in [5.74, 6) is -2.51. The van der Waals surface area contributed by atoms with E-state index in [-0.39, 0.29) is 17.0 Å². The fourth-order valence-corrected chi connectivity index (χ4v) is 2.57. The van der Waals surface area contributed by atoms with Crippen molar-refractivity contribution in [1.82, 2.24) is 0 Å². The maximum Gasteiger partial charge on any atom is 0.335 e. The van der Waals surface area contributed by atoms with Gasteiger partial charge in [0.1, 0.15) is 0 Å². The highest BCUT2D eigenvalue weighted by molar-refractivity contribution is 5.88. The number of nitrogens with two attached hydrogens (primary N) is 1. The first kappa shape index (κ1) is 12.8. The molecule has 0 unspecified atom stereocenters. The third-order valence-corrected chi connectivity index (χ3v) is 3.61. The Labute approximate surface area is 104 Å². The first-order chi connectivity index (χ1) is 8.50. The fourth-order valence-electron chi connectivity index (χ4n) is 2.57. The van der Waals surface area contributed by atoms with Gasteiger partial charge in [-0.15, -0.1) is 0 Å². The molecule has 1 aliphatic carbocycles. The average Bonchev–Trinajstić information content (AvgIpc) is 2.85. The number of carbonyl (C=O) groups is 1. The molecule has 0 radical (unpaired) electrons. The summed E-state index contributed by atoms with van der Waals surface area (Å²) < 4.78 is 13.5. The van der Waals surface area contributed by atoms with Crippen LogP contribution in [0, 0.1) is 11.7 Å². The van der Waals surface area contributed by atoms with Crippen LogP contribution in [0.15, 0.2) is 12.1 Å². The van der Waals surface area contributed by atoms with E-state index in [1.54, 1.807) is 0 Å². The van der Waals surface area contributed by atoms with E-state index in [0.29, 0.717) is 0 Å². The SMILES string of the molecule is N[C@H](c1cc(C(=O)O)cc(F)c1O)C1CCCC1. The molecular formula is C13H16FNO3. The number of carboxylic acid groups (broad SMARTS) is 1. The van der Waals surface area contributed by atoms with Gasteiger partial charge in [0, 0.05) is 11.6 Å². The molecule has 1 aromatic carbocycles. The van der Waals surface area contributed by atoms with E-state index in [4.69, 9.17) is 10.8 Å². The Morgan fingerprint density at radius 1 is 1.39 bits per heavy atom. The van der Waals surface area contributed by atoms with Gasteiger partial charge in [0.05, 0.1) is 5.56 Å². The highest BCUT2D eigenvalue weighted by atomic mass is 19.1. The van der Waals surface area contributed by atoms with E-state index in [9.17, 15) is 14.3 Å². The smallest absolute Gasteiger partial charge is 0.335 e. The minimum atomic E-state index is -1.23. The Kier molecular flexibility index (Phi) is 3.52. The van der Waals surface area contributed by atoms with Crippen molar-refractivity contribution in [3.63, 3.8) is 0 Å². The molecule has 1 aliphatic rings. The first-order valence-corrected chi connectivity index (χ1v) is 6.02. The summed E-state index contributed by atoms with van der Waals surface area (Å²) in [6, 6.07) is 1.56. The van der Waals surface area contributed by atoms with E-state index >= 15 is 0 Å². The number of aromatic hydroxyl groups is 1. The van der Waals surface area contributed by atoms with Gasteiger partial charge in [-0.05, 0) is 30.9 Å². The van der Waals surface area contributed by atoms with Crippen molar-refractivity contribution in [2.45, 2.75) is 31.7 Å². The largest absolute Gasteiger partial charge is 0.505 e. The van der Waals surface area contributed by atoms with E-state index in [1.165, 1.54) is 6.07 Å². The second-order valence-corrected chi connectivity index (χ2v) is 4.77. The van der Waals surface area contributed by atoms with Crippen LogP contribution in [0.4, 0.5) is 4.39 Å². The molecule has 18 heavy (non-hydrogen) atoms. The number of hydrogen-bond donors (Lipinski definition) is 3. The summed E-state index contributed by atoms with van der Waals surface area (Å²) in [5, 5.41) is 18.6. The molecule has 0 heterocycles. The lowest BCUT2D eigenvalue weighted by atomic mass is 9.91. The fraction of sp³-hybridized carbons (Fsp3) is 0.462. The average molecular weight is 253 g/mol. The lowest BCUT2D eigenvalue weighted by Gasteiger charge is -2.20. The molecule has 4 nitrogen and oxygen atoms in total. The van der Waals surface area contributed by atoms with Crippen molar-refractivity contribution < 1.29 is 19.4 Å². The Hall–Kier alpha value is -1.62. The van der Waals surface area contributed by atoms with Crippen LogP contribution in [0.25, 0.3) is 0 Å². The van der Waals surface area contributed by atoms with Crippen molar-refractivity contribution in [2.24, 2.45) is 11.7 Å². The van der Waals surface area contributed by atoms with Gasteiger partial charge < -0.3 is 15.9 Å². The lowest BCUT2D eigenvalue weighted by molar-refractivity contribution is 0.0696. The lowest BCUT2D eigenvalue weighted by Crippen LogP contribution is -2.20. The quantitative estimate of drug-likeness (QED) is 0.772. The van der Waals surface area contributed by atoms with Crippen molar-refractivity contribution in [2.75, 3.05) is 0 Å². The van der Waals surface area contributed by atoms with Crippen molar-refractivity contribution in [1.29, 1.82) is 0 Å². The first-order valence-electron chi connectivity index (χ1n) is 6.02.